The van der Waals surface area contributed by atoms with Crippen LogP contribution < -0.4 is 9.64 Å². The molecule has 0 aromatic heterocycles. The summed E-state index contributed by atoms with van der Waals surface area (Å²) < 4.78 is 5.37. The number of carbonyl (C=O) groups is 1. The van der Waals surface area contributed by atoms with Crippen molar-refractivity contribution in [3.63, 3.8) is 0 Å². The van der Waals surface area contributed by atoms with E-state index in [0.29, 0.717) is 0 Å². The number of aliphatic carboxylic acids is 1. The molecule has 0 amide bonds. The van der Waals surface area contributed by atoms with Gasteiger partial charge in [-0.25, -0.2) is 0 Å². The number of hydrogen-bond acceptors (Lipinski definition) is 4. The smallest absolute Gasteiger partial charge is 0.317 e. The van der Waals surface area contributed by atoms with Gasteiger partial charge >= 0.3 is 5.97 Å². The maximum absolute atomic E-state index is 10.7. The van der Waals surface area contributed by atoms with E-state index >= 15 is 0 Å². The SMILES string of the molecule is COc1ccccc1N1CCC(N(C)CC(=O)O)C1. The molecule has 0 radical (unpaired) electrons. The van der Waals surface area contributed by atoms with Crippen LogP contribution in [-0.2, 0) is 4.79 Å². The quantitative estimate of drug-likeness (QED) is 0.868. The summed E-state index contributed by atoms with van der Waals surface area (Å²) in [6.07, 6.45) is 0.974. The minimum absolute atomic E-state index is 0.0877. The highest BCUT2D eigenvalue weighted by molar-refractivity contribution is 5.69. The van der Waals surface area contributed by atoms with Crippen molar-refractivity contribution >= 4 is 11.7 Å². The molecule has 1 aromatic carbocycles. The zero-order chi connectivity index (χ0) is 13.8. The van der Waals surface area contributed by atoms with Gasteiger partial charge in [0.2, 0.25) is 0 Å². The number of nitrogens with zero attached hydrogens (tertiary/aromatic N) is 2. The van der Waals surface area contributed by atoms with Crippen LogP contribution in [0.2, 0.25) is 0 Å². The molecule has 1 unspecified atom stereocenters. The number of methoxy groups -OCH3 is 1. The van der Waals surface area contributed by atoms with Crippen molar-refractivity contribution < 1.29 is 14.6 Å². The lowest BCUT2D eigenvalue weighted by Crippen LogP contribution is -2.37. The van der Waals surface area contributed by atoms with E-state index < -0.39 is 5.97 Å². The molecule has 2 rings (SSSR count). The molecule has 5 heteroatoms. The monoisotopic (exact) mass is 264 g/mol. The zero-order valence-electron chi connectivity index (χ0n) is 11.4. The number of benzene rings is 1. The largest absolute Gasteiger partial charge is 0.495 e. The second-order valence-electron chi connectivity index (χ2n) is 4.87. The summed E-state index contributed by atoms with van der Waals surface area (Å²) >= 11 is 0. The summed E-state index contributed by atoms with van der Waals surface area (Å²) in [5.74, 6) is 0.0854. The molecule has 0 bridgehead atoms. The molecule has 0 spiro atoms. The van der Waals surface area contributed by atoms with E-state index in [1.165, 1.54) is 0 Å². The molecule has 1 atom stereocenters. The molecule has 1 aliphatic rings. The minimum atomic E-state index is -0.779. The lowest BCUT2D eigenvalue weighted by Gasteiger charge is -2.24. The molecule has 1 aromatic rings. The molecular formula is C14H20N2O3. The number of carboxylic acid groups (broad SMARTS) is 1. The van der Waals surface area contributed by atoms with Crippen molar-refractivity contribution in [1.29, 1.82) is 0 Å². The summed E-state index contributed by atoms with van der Waals surface area (Å²) in [6.45, 7) is 1.85. The van der Waals surface area contributed by atoms with Gasteiger partial charge in [0.1, 0.15) is 5.75 Å². The number of ether oxygens (including phenoxy) is 1. The lowest BCUT2D eigenvalue weighted by molar-refractivity contribution is -0.138. The van der Waals surface area contributed by atoms with Crippen LogP contribution in [-0.4, -0.2) is 55.8 Å². The first-order valence-corrected chi connectivity index (χ1v) is 6.42. The summed E-state index contributed by atoms with van der Waals surface area (Å²) in [5.41, 5.74) is 1.08. The normalized spacial score (nSPS) is 18.9. The lowest BCUT2D eigenvalue weighted by atomic mass is 10.2. The van der Waals surface area contributed by atoms with E-state index in [1.807, 2.05) is 36.2 Å². The van der Waals surface area contributed by atoms with Crippen LogP contribution in [0.5, 0.6) is 5.75 Å². The minimum Gasteiger partial charge on any atom is -0.495 e. The molecular weight excluding hydrogens is 244 g/mol. The van der Waals surface area contributed by atoms with E-state index in [-0.39, 0.29) is 12.6 Å². The van der Waals surface area contributed by atoms with Gasteiger partial charge in [-0.3, -0.25) is 9.69 Å². The van der Waals surface area contributed by atoms with E-state index in [0.717, 1.165) is 30.9 Å². The van der Waals surface area contributed by atoms with Crippen LogP contribution in [0.4, 0.5) is 5.69 Å². The first kappa shape index (κ1) is 13.7. The number of para-hydroxylation sites is 2. The van der Waals surface area contributed by atoms with Crippen LogP contribution in [0.25, 0.3) is 0 Å². The molecule has 1 fully saturated rings. The fourth-order valence-corrected chi connectivity index (χ4v) is 2.55. The summed E-state index contributed by atoms with van der Waals surface area (Å²) in [5, 5.41) is 8.83. The Morgan fingerprint density at radius 3 is 2.95 bits per heavy atom. The third-order valence-electron chi connectivity index (χ3n) is 3.60. The second-order valence-corrected chi connectivity index (χ2v) is 4.87. The van der Waals surface area contributed by atoms with Crippen molar-refractivity contribution in [3.05, 3.63) is 24.3 Å². The van der Waals surface area contributed by atoms with Crippen LogP contribution in [0, 0.1) is 0 Å². The van der Waals surface area contributed by atoms with E-state index in [9.17, 15) is 4.79 Å². The summed E-state index contributed by atoms with van der Waals surface area (Å²) in [4.78, 5) is 14.9. The Morgan fingerprint density at radius 1 is 1.53 bits per heavy atom. The molecule has 0 saturated carbocycles. The summed E-state index contributed by atoms with van der Waals surface area (Å²) in [6, 6.07) is 8.21. The number of hydrogen-bond donors (Lipinski definition) is 1. The van der Waals surface area contributed by atoms with Gasteiger partial charge in [-0.1, -0.05) is 12.1 Å². The number of rotatable bonds is 5. The first-order valence-electron chi connectivity index (χ1n) is 6.42. The van der Waals surface area contributed by atoms with E-state index in [4.69, 9.17) is 9.84 Å². The molecule has 104 valence electrons. The highest BCUT2D eigenvalue weighted by Crippen LogP contribution is 2.31. The van der Waals surface area contributed by atoms with Gasteiger partial charge in [0.05, 0.1) is 19.3 Å². The Labute approximate surface area is 113 Å². The van der Waals surface area contributed by atoms with Crippen molar-refractivity contribution in [2.24, 2.45) is 0 Å². The Morgan fingerprint density at radius 2 is 2.26 bits per heavy atom. The van der Waals surface area contributed by atoms with E-state index in [2.05, 4.69) is 4.90 Å². The predicted octanol–water partition coefficient (Wildman–Crippen LogP) is 1.29. The molecule has 1 N–H and O–H groups in total. The van der Waals surface area contributed by atoms with Crippen molar-refractivity contribution in [1.82, 2.24) is 4.90 Å². The fourth-order valence-electron chi connectivity index (χ4n) is 2.55. The van der Waals surface area contributed by atoms with Gasteiger partial charge in [0.25, 0.3) is 0 Å². The third-order valence-corrected chi connectivity index (χ3v) is 3.60. The summed E-state index contributed by atoms with van der Waals surface area (Å²) in [7, 11) is 3.54. The Kier molecular flexibility index (Phi) is 4.27. The Bertz CT molecular complexity index is 450. The van der Waals surface area contributed by atoms with Gasteiger partial charge in [0.15, 0.2) is 0 Å². The fraction of sp³-hybridized carbons (Fsp3) is 0.500. The molecule has 0 aliphatic carbocycles. The van der Waals surface area contributed by atoms with Gasteiger partial charge in [-0.2, -0.15) is 0 Å². The topological polar surface area (TPSA) is 53.0 Å². The molecule has 1 aliphatic heterocycles. The number of likely N-dealkylation sites (N-methyl/N-ethyl adjacent to an activating group) is 1. The number of carboxylic acids is 1. The maximum atomic E-state index is 10.7. The van der Waals surface area contributed by atoms with Crippen molar-refractivity contribution in [2.75, 3.05) is 38.7 Å². The molecule has 19 heavy (non-hydrogen) atoms. The van der Waals surface area contributed by atoms with Crippen LogP contribution in [0.3, 0.4) is 0 Å². The molecule has 1 heterocycles. The molecule has 5 nitrogen and oxygen atoms in total. The van der Waals surface area contributed by atoms with Crippen molar-refractivity contribution in [2.45, 2.75) is 12.5 Å². The zero-order valence-corrected chi connectivity index (χ0v) is 11.4. The standard InChI is InChI=1S/C14H20N2O3/c1-15(10-14(17)18)11-7-8-16(9-11)12-5-3-4-6-13(12)19-2/h3-6,11H,7-10H2,1-2H3,(H,17,18). The highest BCUT2D eigenvalue weighted by Gasteiger charge is 2.27. The van der Waals surface area contributed by atoms with Gasteiger partial charge in [-0.15, -0.1) is 0 Å². The average molecular weight is 264 g/mol. The van der Waals surface area contributed by atoms with Gasteiger partial charge in [-0.05, 0) is 25.6 Å². The first-order chi connectivity index (χ1) is 9.11. The second kappa shape index (κ2) is 5.93. The van der Waals surface area contributed by atoms with Crippen LogP contribution in [0.15, 0.2) is 24.3 Å². The third kappa shape index (κ3) is 3.17. The van der Waals surface area contributed by atoms with Crippen LogP contribution in [0.1, 0.15) is 6.42 Å². The highest BCUT2D eigenvalue weighted by atomic mass is 16.5. The van der Waals surface area contributed by atoms with Gasteiger partial charge < -0.3 is 14.7 Å². The Balaban J connectivity index is 2.03. The van der Waals surface area contributed by atoms with E-state index in [1.54, 1.807) is 7.11 Å². The van der Waals surface area contributed by atoms with Gasteiger partial charge in [0, 0.05) is 19.1 Å². The van der Waals surface area contributed by atoms with Crippen LogP contribution >= 0.6 is 0 Å². The average Bonchev–Trinajstić information content (AvgIpc) is 2.87. The number of anilines is 1. The Hall–Kier alpha value is -1.75. The predicted molar refractivity (Wildman–Crippen MR) is 73.9 cm³/mol. The van der Waals surface area contributed by atoms with Crippen molar-refractivity contribution in [3.8, 4) is 5.75 Å². The maximum Gasteiger partial charge on any atom is 0.317 e. The molecule has 1 saturated heterocycles.